The van der Waals surface area contributed by atoms with Gasteiger partial charge < -0.3 is 4.57 Å². The van der Waals surface area contributed by atoms with E-state index in [0.29, 0.717) is 0 Å². The lowest BCUT2D eigenvalue weighted by atomic mass is 10.1. The maximum Gasteiger partial charge on any atom is 0.151 e. The van der Waals surface area contributed by atoms with Crippen molar-refractivity contribution in [3.63, 3.8) is 0 Å². The highest BCUT2D eigenvalue weighted by Gasteiger charge is 2.20. The quantitative estimate of drug-likeness (QED) is 0.653. The number of halogens is 2. The van der Waals surface area contributed by atoms with Crippen LogP contribution >= 0.6 is 0 Å². The van der Waals surface area contributed by atoms with Crippen molar-refractivity contribution in [2.45, 2.75) is 26.3 Å². The molecule has 0 fully saturated rings. The number of imidazole rings is 1. The van der Waals surface area contributed by atoms with Crippen molar-refractivity contribution in [3.8, 4) is 0 Å². The van der Waals surface area contributed by atoms with Gasteiger partial charge in [-0.05, 0) is 32.9 Å². The molecule has 2 nitrogen and oxygen atoms in total. The van der Waals surface area contributed by atoms with Crippen molar-refractivity contribution in [2.24, 2.45) is 0 Å². The van der Waals surface area contributed by atoms with Gasteiger partial charge in [0, 0.05) is 5.54 Å². The first-order chi connectivity index (χ1) is 6.91. The third-order valence-corrected chi connectivity index (χ3v) is 2.32. The molecule has 0 N–H and O–H groups in total. The van der Waals surface area contributed by atoms with Gasteiger partial charge in [-0.1, -0.05) is 0 Å². The van der Waals surface area contributed by atoms with E-state index in [1.165, 1.54) is 6.33 Å². The van der Waals surface area contributed by atoms with Crippen molar-refractivity contribution in [3.05, 3.63) is 30.1 Å². The van der Waals surface area contributed by atoms with Crippen molar-refractivity contribution in [1.82, 2.24) is 9.55 Å². The summed E-state index contributed by atoms with van der Waals surface area (Å²) in [5, 5.41) is 0. The maximum absolute atomic E-state index is 13.6. The van der Waals surface area contributed by atoms with E-state index < -0.39 is 11.6 Å². The Labute approximate surface area is 86.5 Å². The van der Waals surface area contributed by atoms with Gasteiger partial charge >= 0.3 is 0 Å². The Morgan fingerprint density at radius 3 is 2.33 bits per heavy atom. The summed E-state index contributed by atoms with van der Waals surface area (Å²) in [6.07, 6.45) is 1.47. The molecule has 0 aliphatic heterocycles. The van der Waals surface area contributed by atoms with Gasteiger partial charge in [0.25, 0.3) is 0 Å². The van der Waals surface area contributed by atoms with E-state index in [1.807, 2.05) is 20.8 Å². The fourth-order valence-corrected chi connectivity index (χ4v) is 1.56. The molecule has 0 bridgehead atoms. The molecule has 0 aliphatic carbocycles. The number of benzene rings is 1. The molecule has 1 aromatic heterocycles. The summed E-state index contributed by atoms with van der Waals surface area (Å²) in [6.45, 7) is 5.75. The highest BCUT2D eigenvalue weighted by Crippen LogP contribution is 2.25. The summed E-state index contributed by atoms with van der Waals surface area (Å²) in [4.78, 5) is 3.89. The zero-order valence-corrected chi connectivity index (χ0v) is 8.88. The van der Waals surface area contributed by atoms with Gasteiger partial charge in [-0.2, -0.15) is 0 Å². The van der Waals surface area contributed by atoms with Crippen molar-refractivity contribution in [2.75, 3.05) is 0 Å². The van der Waals surface area contributed by atoms with Gasteiger partial charge in [0.05, 0.1) is 6.33 Å². The Morgan fingerprint density at radius 2 is 1.73 bits per heavy atom. The Hall–Kier alpha value is -1.45. The minimum absolute atomic E-state index is 0.0879. The van der Waals surface area contributed by atoms with Crippen molar-refractivity contribution in [1.29, 1.82) is 0 Å². The Bertz CT molecular complexity index is 509. The Balaban J connectivity index is 2.85. The molecule has 0 saturated carbocycles. The van der Waals surface area contributed by atoms with Crippen LogP contribution in [-0.2, 0) is 5.54 Å². The first-order valence-electron chi connectivity index (χ1n) is 4.73. The lowest BCUT2D eigenvalue weighted by Crippen LogP contribution is -2.21. The molecule has 80 valence electrons. The van der Waals surface area contributed by atoms with Gasteiger partial charge in [0.15, 0.2) is 5.82 Å². The van der Waals surface area contributed by atoms with Crippen molar-refractivity contribution >= 4 is 11.0 Å². The molecular formula is C11H12F2N2. The topological polar surface area (TPSA) is 17.8 Å². The molecule has 2 aromatic rings. The number of hydrogen-bond donors (Lipinski definition) is 0. The van der Waals surface area contributed by atoms with Crippen LogP contribution in [0.2, 0.25) is 0 Å². The van der Waals surface area contributed by atoms with E-state index in [2.05, 4.69) is 4.98 Å². The van der Waals surface area contributed by atoms with Crippen LogP contribution in [0.25, 0.3) is 11.0 Å². The largest absolute Gasteiger partial charge is 0.323 e. The number of rotatable bonds is 0. The second-order valence-electron chi connectivity index (χ2n) is 4.51. The second-order valence-corrected chi connectivity index (χ2v) is 4.51. The monoisotopic (exact) mass is 210 g/mol. The van der Waals surface area contributed by atoms with Gasteiger partial charge in [0.2, 0.25) is 0 Å². The summed E-state index contributed by atoms with van der Waals surface area (Å²) >= 11 is 0. The van der Waals surface area contributed by atoms with Crippen molar-refractivity contribution < 1.29 is 8.78 Å². The molecule has 15 heavy (non-hydrogen) atoms. The SMILES string of the molecule is CC(C)(C)n1cnc2c(F)ccc(F)c21. The summed E-state index contributed by atoms with van der Waals surface area (Å²) < 4.78 is 28.5. The molecule has 4 heteroatoms. The third kappa shape index (κ3) is 1.50. The molecule has 0 amide bonds. The van der Waals surface area contributed by atoms with Crippen LogP contribution in [0, 0.1) is 11.6 Å². The first-order valence-corrected chi connectivity index (χ1v) is 4.73. The predicted octanol–water partition coefficient (Wildman–Crippen LogP) is 3.07. The van der Waals surface area contributed by atoms with E-state index in [9.17, 15) is 8.78 Å². The Kier molecular flexibility index (Phi) is 2.03. The van der Waals surface area contributed by atoms with Crippen LogP contribution in [0.1, 0.15) is 20.8 Å². The highest BCUT2D eigenvalue weighted by molar-refractivity contribution is 5.76. The van der Waals surface area contributed by atoms with Gasteiger partial charge in [0.1, 0.15) is 16.9 Å². The second kappa shape index (κ2) is 3.02. The molecule has 0 unspecified atom stereocenters. The molecule has 0 aliphatic rings. The van der Waals surface area contributed by atoms with Gasteiger partial charge in [-0.25, -0.2) is 13.8 Å². The van der Waals surface area contributed by atoms with Crippen LogP contribution in [0.15, 0.2) is 18.5 Å². The Morgan fingerprint density at radius 1 is 1.13 bits per heavy atom. The van der Waals surface area contributed by atoms with Crippen LogP contribution in [0.5, 0.6) is 0 Å². The fraction of sp³-hybridized carbons (Fsp3) is 0.364. The fourth-order valence-electron chi connectivity index (χ4n) is 1.56. The summed E-state index contributed by atoms with van der Waals surface area (Å²) in [5.41, 5.74) is -0.00366. The predicted molar refractivity (Wildman–Crippen MR) is 54.6 cm³/mol. The zero-order chi connectivity index (χ0) is 11.2. The van der Waals surface area contributed by atoms with E-state index in [1.54, 1.807) is 4.57 Å². The van der Waals surface area contributed by atoms with E-state index in [-0.39, 0.29) is 16.6 Å². The van der Waals surface area contributed by atoms with E-state index in [0.717, 1.165) is 12.1 Å². The van der Waals surface area contributed by atoms with Crippen LogP contribution in [0.3, 0.4) is 0 Å². The molecule has 1 aromatic carbocycles. The number of aromatic nitrogens is 2. The standard InChI is InChI=1S/C11H12F2N2/c1-11(2,3)15-6-14-9-7(12)4-5-8(13)10(9)15/h4-6H,1-3H3. The number of nitrogens with zero attached hydrogens (tertiary/aromatic N) is 2. The summed E-state index contributed by atoms with van der Waals surface area (Å²) in [5.74, 6) is -0.937. The third-order valence-electron chi connectivity index (χ3n) is 2.32. The lowest BCUT2D eigenvalue weighted by molar-refractivity contribution is 0.404. The normalized spacial score (nSPS) is 12.3. The van der Waals surface area contributed by atoms with E-state index in [4.69, 9.17) is 0 Å². The smallest absolute Gasteiger partial charge is 0.151 e. The van der Waals surface area contributed by atoms with Gasteiger partial charge in [-0.15, -0.1) is 0 Å². The van der Waals surface area contributed by atoms with Crippen LogP contribution < -0.4 is 0 Å². The highest BCUT2D eigenvalue weighted by atomic mass is 19.1. The number of hydrogen-bond acceptors (Lipinski definition) is 1. The molecule has 0 atom stereocenters. The zero-order valence-electron chi connectivity index (χ0n) is 8.88. The molecule has 0 radical (unpaired) electrons. The average Bonchev–Trinajstić information content (AvgIpc) is 2.55. The molecule has 0 saturated heterocycles. The first kappa shape index (κ1) is 10.1. The lowest BCUT2D eigenvalue weighted by Gasteiger charge is -2.21. The van der Waals surface area contributed by atoms with Gasteiger partial charge in [-0.3, -0.25) is 0 Å². The number of fused-ring (bicyclic) bond motifs is 1. The molecule has 2 rings (SSSR count). The summed E-state index contributed by atoms with van der Waals surface area (Å²) in [6, 6.07) is 2.22. The molecular weight excluding hydrogens is 198 g/mol. The maximum atomic E-state index is 13.6. The minimum Gasteiger partial charge on any atom is -0.323 e. The minimum atomic E-state index is -0.491. The summed E-state index contributed by atoms with van der Waals surface area (Å²) in [7, 11) is 0. The van der Waals surface area contributed by atoms with Crippen LogP contribution in [-0.4, -0.2) is 9.55 Å². The average molecular weight is 210 g/mol. The molecule has 1 heterocycles. The molecule has 0 spiro atoms. The van der Waals surface area contributed by atoms with Crippen LogP contribution in [0.4, 0.5) is 8.78 Å². The van der Waals surface area contributed by atoms with E-state index >= 15 is 0 Å².